The molecule has 0 saturated carbocycles. The lowest BCUT2D eigenvalue weighted by atomic mass is 9.82. The highest BCUT2D eigenvalue weighted by Crippen LogP contribution is 2.32. The lowest BCUT2D eigenvalue weighted by molar-refractivity contribution is -0.122. The standard InChI is InChI=1S/C14H27N3O.2ClH/c1-10(15)6-7-14(18)16-11-8-12-4-3-5-13(9-11)17(12)2;;/h10-13H,3-9,15H2,1-2H3,(H,16,18);2*1H. The summed E-state index contributed by atoms with van der Waals surface area (Å²) >= 11 is 0. The van der Waals surface area contributed by atoms with Crippen molar-refractivity contribution in [3.05, 3.63) is 0 Å². The van der Waals surface area contributed by atoms with Gasteiger partial charge in [-0.3, -0.25) is 4.79 Å². The van der Waals surface area contributed by atoms with Crippen molar-refractivity contribution in [2.75, 3.05) is 7.05 Å². The van der Waals surface area contributed by atoms with Gasteiger partial charge in [-0.25, -0.2) is 0 Å². The van der Waals surface area contributed by atoms with Crippen LogP contribution in [0.1, 0.15) is 51.9 Å². The zero-order valence-electron chi connectivity index (χ0n) is 12.5. The molecule has 6 heteroatoms. The minimum atomic E-state index is 0. The van der Waals surface area contributed by atoms with Gasteiger partial charge in [-0.1, -0.05) is 6.42 Å². The third kappa shape index (κ3) is 5.40. The highest BCUT2D eigenvalue weighted by molar-refractivity contribution is 5.85. The first kappa shape index (κ1) is 20.0. The van der Waals surface area contributed by atoms with Crippen LogP contribution in [0.4, 0.5) is 0 Å². The van der Waals surface area contributed by atoms with E-state index in [4.69, 9.17) is 5.73 Å². The van der Waals surface area contributed by atoms with Gasteiger partial charge >= 0.3 is 0 Å². The molecule has 2 bridgehead atoms. The van der Waals surface area contributed by atoms with Gasteiger partial charge in [0.1, 0.15) is 0 Å². The van der Waals surface area contributed by atoms with Gasteiger partial charge in [0.25, 0.3) is 0 Å². The molecule has 2 saturated heterocycles. The molecule has 2 heterocycles. The number of nitrogens with one attached hydrogen (secondary N) is 1. The fraction of sp³-hybridized carbons (Fsp3) is 0.929. The van der Waals surface area contributed by atoms with Crippen LogP contribution in [0.15, 0.2) is 0 Å². The highest BCUT2D eigenvalue weighted by atomic mass is 35.5. The summed E-state index contributed by atoms with van der Waals surface area (Å²) in [5.74, 6) is 0.180. The fourth-order valence-corrected chi connectivity index (χ4v) is 3.39. The summed E-state index contributed by atoms with van der Waals surface area (Å²) in [6.07, 6.45) is 7.53. The predicted octanol–water partition coefficient (Wildman–Crippen LogP) is 2.09. The zero-order valence-corrected chi connectivity index (χ0v) is 14.1. The lowest BCUT2D eigenvalue weighted by Gasteiger charge is -2.47. The largest absolute Gasteiger partial charge is 0.353 e. The summed E-state index contributed by atoms with van der Waals surface area (Å²) in [5.41, 5.74) is 5.68. The topological polar surface area (TPSA) is 58.4 Å². The van der Waals surface area contributed by atoms with Gasteiger partial charge in [0.15, 0.2) is 0 Å². The Bertz CT molecular complexity index is 288. The SMILES string of the molecule is CC(N)CCC(=O)NC1CC2CCCC(C1)N2C.Cl.Cl. The number of hydrogen-bond acceptors (Lipinski definition) is 3. The molecule has 2 aliphatic rings. The molecule has 2 aliphatic heterocycles. The number of fused-ring (bicyclic) bond motifs is 2. The van der Waals surface area contributed by atoms with E-state index in [1.807, 2.05) is 6.92 Å². The van der Waals surface area contributed by atoms with Crippen molar-refractivity contribution in [1.82, 2.24) is 10.2 Å². The Morgan fingerprint density at radius 1 is 1.30 bits per heavy atom. The third-order valence-corrected chi connectivity index (χ3v) is 4.53. The predicted molar refractivity (Wildman–Crippen MR) is 87.7 cm³/mol. The van der Waals surface area contributed by atoms with Crippen molar-refractivity contribution in [2.45, 2.75) is 76.0 Å². The normalized spacial score (nSPS) is 30.6. The van der Waals surface area contributed by atoms with Crippen molar-refractivity contribution in [3.8, 4) is 0 Å². The van der Waals surface area contributed by atoms with E-state index < -0.39 is 0 Å². The summed E-state index contributed by atoms with van der Waals surface area (Å²) < 4.78 is 0. The van der Waals surface area contributed by atoms with Crippen LogP contribution >= 0.6 is 24.8 Å². The van der Waals surface area contributed by atoms with Crippen molar-refractivity contribution < 1.29 is 4.79 Å². The Labute approximate surface area is 135 Å². The maximum atomic E-state index is 11.8. The van der Waals surface area contributed by atoms with Crippen molar-refractivity contribution in [1.29, 1.82) is 0 Å². The van der Waals surface area contributed by atoms with E-state index in [9.17, 15) is 4.79 Å². The van der Waals surface area contributed by atoms with Gasteiger partial charge in [0.05, 0.1) is 0 Å². The molecule has 0 aromatic rings. The molecule has 1 amide bonds. The Morgan fingerprint density at radius 3 is 2.35 bits per heavy atom. The quantitative estimate of drug-likeness (QED) is 0.832. The van der Waals surface area contributed by atoms with Gasteiger partial charge in [-0.2, -0.15) is 0 Å². The molecule has 0 aromatic carbocycles. The molecule has 0 aromatic heterocycles. The van der Waals surface area contributed by atoms with E-state index in [2.05, 4.69) is 17.3 Å². The molecule has 120 valence electrons. The molecule has 3 unspecified atom stereocenters. The summed E-state index contributed by atoms with van der Waals surface area (Å²) in [5, 5.41) is 3.20. The monoisotopic (exact) mass is 325 g/mol. The summed E-state index contributed by atoms with van der Waals surface area (Å²) in [6.45, 7) is 1.95. The second-order valence-electron chi connectivity index (χ2n) is 6.16. The van der Waals surface area contributed by atoms with Gasteiger partial charge < -0.3 is 16.0 Å². The molecule has 0 aliphatic carbocycles. The average Bonchev–Trinajstić information content (AvgIpc) is 2.28. The Balaban J connectivity index is 0.00000180. The molecular weight excluding hydrogens is 297 g/mol. The van der Waals surface area contributed by atoms with Crippen molar-refractivity contribution in [3.63, 3.8) is 0 Å². The van der Waals surface area contributed by atoms with Crippen LogP contribution in [0.25, 0.3) is 0 Å². The number of nitrogens with two attached hydrogens (primary N) is 1. The summed E-state index contributed by atoms with van der Waals surface area (Å²) in [6, 6.07) is 1.86. The average molecular weight is 326 g/mol. The molecule has 2 rings (SSSR count). The maximum Gasteiger partial charge on any atom is 0.220 e. The van der Waals surface area contributed by atoms with E-state index in [1.54, 1.807) is 0 Å². The van der Waals surface area contributed by atoms with E-state index >= 15 is 0 Å². The number of hydrogen-bond donors (Lipinski definition) is 2. The third-order valence-electron chi connectivity index (χ3n) is 4.53. The molecule has 3 N–H and O–H groups in total. The van der Waals surface area contributed by atoms with Crippen LogP contribution < -0.4 is 11.1 Å². The van der Waals surface area contributed by atoms with Gasteiger partial charge in [-0.05, 0) is 46.1 Å². The van der Waals surface area contributed by atoms with Crippen molar-refractivity contribution >= 4 is 30.7 Å². The lowest BCUT2D eigenvalue weighted by Crippen LogP contribution is -2.55. The molecule has 0 radical (unpaired) electrons. The minimum absolute atomic E-state index is 0. The fourth-order valence-electron chi connectivity index (χ4n) is 3.39. The molecule has 4 nitrogen and oxygen atoms in total. The first-order chi connectivity index (χ1) is 8.56. The Morgan fingerprint density at radius 2 is 1.85 bits per heavy atom. The number of piperidine rings is 2. The number of halogens is 2. The van der Waals surface area contributed by atoms with Crippen LogP contribution in [0, 0.1) is 0 Å². The first-order valence-corrected chi connectivity index (χ1v) is 7.33. The summed E-state index contributed by atoms with van der Waals surface area (Å²) in [7, 11) is 2.24. The van der Waals surface area contributed by atoms with Crippen LogP contribution in [0.2, 0.25) is 0 Å². The molecule has 2 fully saturated rings. The number of nitrogens with zero attached hydrogens (tertiary/aromatic N) is 1. The number of amides is 1. The van der Waals surface area contributed by atoms with E-state index in [1.165, 1.54) is 19.3 Å². The highest BCUT2D eigenvalue weighted by Gasteiger charge is 2.36. The van der Waals surface area contributed by atoms with Crippen LogP contribution in [-0.2, 0) is 4.79 Å². The van der Waals surface area contributed by atoms with E-state index in [-0.39, 0.29) is 36.8 Å². The smallest absolute Gasteiger partial charge is 0.220 e. The number of carbonyl (C=O) groups is 1. The number of rotatable bonds is 4. The molecule has 20 heavy (non-hydrogen) atoms. The Kier molecular flexibility index (Phi) is 9.07. The minimum Gasteiger partial charge on any atom is -0.353 e. The number of carbonyl (C=O) groups excluding carboxylic acids is 1. The Hall–Kier alpha value is -0.0300. The second-order valence-corrected chi connectivity index (χ2v) is 6.16. The van der Waals surface area contributed by atoms with Crippen LogP contribution in [0.3, 0.4) is 0 Å². The van der Waals surface area contributed by atoms with Gasteiger partial charge in [0.2, 0.25) is 5.91 Å². The molecule has 3 atom stereocenters. The van der Waals surface area contributed by atoms with Crippen molar-refractivity contribution in [2.24, 2.45) is 5.73 Å². The van der Waals surface area contributed by atoms with Gasteiger partial charge in [-0.15, -0.1) is 24.8 Å². The molecular formula is C14H29Cl2N3O. The maximum absolute atomic E-state index is 11.8. The van der Waals surface area contributed by atoms with Gasteiger partial charge in [0, 0.05) is 30.6 Å². The van der Waals surface area contributed by atoms with E-state index in [0.29, 0.717) is 24.5 Å². The van der Waals surface area contributed by atoms with Crippen LogP contribution in [0.5, 0.6) is 0 Å². The first-order valence-electron chi connectivity index (χ1n) is 7.33. The van der Waals surface area contributed by atoms with Crippen LogP contribution in [-0.4, -0.2) is 42.0 Å². The second kappa shape index (κ2) is 9.08. The van der Waals surface area contributed by atoms with E-state index in [0.717, 1.165) is 19.3 Å². The molecule has 0 spiro atoms. The summed E-state index contributed by atoms with van der Waals surface area (Å²) in [4.78, 5) is 14.4. The zero-order chi connectivity index (χ0) is 13.1.